The van der Waals surface area contributed by atoms with Gasteiger partial charge in [0.2, 0.25) is 0 Å². The Morgan fingerprint density at radius 1 is 1.11 bits per heavy atom. The Bertz CT molecular complexity index is 629. The Hall–Kier alpha value is -0.0900. The predicted octanol–water partition coefficient (Wildman–Crippen LogP) is 6.64. The summed E-state index contributed by atoms with van der Waals surface area (Å²) in [5, 5.41) is -0.117. The van der Waals surface area contributed by atoms with Crippen LogP contribution in [0.5, 0.6) is 0 Å². The highest BCUT2D eigenvalue weighted by molar-refractivity contribution is 9.11. The third-order valence-electron chi connectivity index (χ3n) is 2.78. The number of benzene rings is 2. The maximum absolute atomic E-state index is 13.4. The Kier molecular flexibility index (Phi) is 4.93. The van der Waals surface area contributed by atoms with Gasteiger partial charge in [0.1, 0.15) is 5.82 Å². The second-order valence-electron chi connectivity index (χ2n) is 4.15. The van der Waals surface area contributed by atoms with Gasteiger partial charge in [-0.05, 0) is 53.9 Å². The number of alkyl halides is 1. The molecule has 19 heavy (non-hydrogen) atoms. The van der Waals surface area contributed by atoms with Crippen LogP contribution in [0, 0.1) is 12.7 Å². The Morgan fingerprint density at radius 2 is 1.79 bits per heavy atom. The first kappa shape index (κ1) is 15.3. The van der Waals surface area contributed by atoms with Crippen LogP contribution in [-0.2, 0) is 0 Å². The molecule has 2 aromatic carbocycles. The highest BCUT2D eigenvalue weighted by Gasteiger charge is 2.18. The zero-order valence-corrected chi connectivity index (χ0v) is 14.5. The summed E-state index contributed by atoms with van der Waals surface area (Å²) in [6, 6.07) is 8.71. The molecule has 0 aliphatic carbocycles. The molecule has 0 spiro atoms. The van der Waals surface area contributed by atoms with Crippen LogP contribution in [0.3, 0.4) is 0 Å². The number of hydrogen-bond donors (Lipinski definition) is 0. The fourth-order valence-electron chi connectivity index (χ4n) is 1.75. The second kappa shape index (κ2) is 6.13. The van der Waals surface area contributed by atoms with Gasteiger partial charge in [-0.25, -0.2) is 4.39 Å². The largest absolute Gasteiger partial charge is 0.207 e. The van der Waals surface area contributed by atoms with E-state index >= 15 is 0 Å². The molecular formula is C14H9Br2Cl2F. The molecule has 0 aliphatic rings. The first-order valence-electron chi connectivity index (χ1n) is 5.44. The van der Waals surface area contributed by atoms with Crippen molar-refractivity contribution in [2.24, 2.45) is 0 Å². The van der Waals surface area contributed by atoms with E-state index in [1.807, 2.05) is 18.2 Å². The Balaban J connectivity index is 2.52. The number of halogens is 5. The average molecular weight is 427 g/mol. The van der Waals surface area contributed by atoms with E-state index in [0.717, 1.165) is 14.5 Å². The predicted molar refractivity (Wildman–Crippen MR) is 85.7 cm³/mol. The van der Waals surface area contributed by atoms with Gasteiger partial charge in [-0.15, -0.1) is 11.6 Å². The molecule has 5 heteroatoms. The topological polar surface area (TPSA) is 0 Å². The third-order valence-corrected chi connectivity index (χ3v) is 4.80. The van der Waals surface area contributed by atoms with E-state index in [-0.39, 0.29) is 5.82 Å². The molecular weight excluding hydrogens is 418 g/mol. The maximum atomic E-state index is 13.4. The molecule has 0 radical (unpaired) electrons. The standard InChI is InChI=1S/C14H9Br2Cl2F/c1-7-4-10(12(17)6-13(7)19)14(18)9-5-8(15)2-3-11(9)16/h2-6,14H,1H3. The lowest BCUT2D eigenvalue weighted by molar-refractivity contribution is 0.618. The average Bonchev–Trinajstić information content (AvgIpc) is 2.36. The minimum atomic E-state index is -0.446. The van der Waals surface area contributed by atoms with Gasteiger partial charge < -0.3 is 0 Å². The molecule has 0 nitrogen and oxygen atoms in total. The van der Waals surface area contributed by atoms with Gasteiger partial charge in [-0.1, -0.05) is 43.5 Å². The van der Waals surface area contributed by atoms with Gasteiger partial charge in [-0.2, -0.15) is 0 Å². The minimum Gasteiger partial charge on any atom is -0.207 e. The van der Waals surface area contributed by atoms with Crippen LogP contribution >= 0.6 is 55.1 Å². The van der Waals surface area contributed by atoms with Gasteiger partial charge in [0.05, 0.1) is 5.38 Å². The normalized spacial score (nSPS) is 12.5. The summed E-state index contributed by atoms with van der Waals surface area (Å²) in [5.74, 6) is -0.328. The smallest absolute Gasteiger partial charge is 0.127 e. The van der Waals surface area contributed by atoms with E-state index in [1.54, 1.807) is 13.0 Å². The van der Waals surface area contributed by atoms with Crippen LogP contribution in [0.1, 0.15) is 22.1 Å². The number of hydrogen-bond acceptors (Lipinski definition) is 0. The van der Waals surface area contributed by atoms with E-state index in [1.165, 1.54) is 6.07 Å². The summed E-state index contributed by atoms with van der Waals surface area (Å²) in [5.41, 5.74) is 2.10. The monoisotopic (exact) mass is 424 g/mol. The van der Waals surface area contributed by atoms with Gasteiger partial charge in [0.25, 0.3) is 0 Å². The quantitative estimate of drug-likeness (QED) is 0.472. The van der Waals surface area contributed by atoms with E-state index in [4.69, 9.17) is 23.2 Å². The molecule has 0 fully saturated rings. The molecule has 0 aromatic heterocycles. The maximum Gasteiger partial charge on any atom is 0.127 e. The molecule has 0 N–H and O–H groups in total. The van der Waals surface area contributed by atoms with Crippen molar-refractivity contribution in [1.29, 1.82) is 0 Å². The summed E-state index contributed by atoms with van der Waals surface area (Å²) in [6.45, 7) is 1.69. The van der Waals surface area contributed by atoms with Crippen molar-refractivity contribution in [3.05, 3.63) is 66.8 Å². The fraction of sp³-hybridized carbons (Fsp3) is 0.143. The molecule has 2 aromatic rings. The van der Waals surface area contributed by atoms with E-state index in [9.17, 15) is 4.39 Å². The Labute approximate surface area is 138 Å². The first-order chi connectivity index (χ1) is 8.90. The molecule has 1 atom stereocenters. The van der Waals surface area contributed by atoms with E-state index in [0.29, 0.717) is 16.1 Å². The van der Waals surface area contributed by atoms with Gasteiger partial charge >= 0.3 is 0 Å². The molecule has 0 aliphatic heterocycles. The zero-order valence-electron chi connectivity index (χ0n) is 9.85. The van der Waals surface area contributed by atoms with Crippen LogP contribution < -0.4 is 0 Å². The van der Waals surface area contributed by atoms with Crippen molar-refractivity contribution in [2.45, 2.75) is 12.3 Å². The molecule has 0 saturated carbocycles. The minimum absolute atomic E-state index is 0.328. The third kappa shape index (κ3) is 3.33. The number of aryl methyl sites for hydroxylation is 1. The summed E-state index contributed by atoms with van der Waals surface area (Å²) in [6.07, 6.45) is 0. The van der Waals surface area contributed by atoms with Crippen LogP contribution in [0.2, 0.25) is 5.02 Å². The van der Waals surface area contributed by atoms with Gasteiger partial charge in [-0.3, -0.25) is 0 Å². The summed E-state index contributed by atoms with van der Waals surface area (Å²) in [4.78, 5) is 0. The molecule has 100 valence electrons. The second-order valence-corrected chi connectivity index (χ2v) is 6.76. The van der Waals surface area contributed by atoms with Gasteiger partial charge in [0, 0.05) is 14.0 Å². The summed E-state index contributed by atoms with van der Waals surface area (Å²) in [7, 11) is 0. The molecule has 0 amide bonds. The van der Waals surface area contributed by atoms with Crippen molar-refractivity contribution < 1.29 is 4.39 Å². The molecule has 0 heterocycles. The van der Waals surface area contributed by atoms with E-state index in [2.05, 4.69) is 31.9 Å². The van der Waals surface area contributed by atoms with Crippen LogP contribution in [0.15, 0.2) is 39.3 Å². The summed E-state index contributed by atoms with van der Waals surface area (Å²) >= 11 is 19.4. The van der Waals surface area contributed by atoms with Crippen molar-refractivity contribution in [3.8, 4) is 0 Å². The fourth-order valence-corrected chi connectivity index (χ4v) is 3.41. The zero-order chi connectivity index (χ0) is 14.2. The molecule has 0 bridgehead atoms. The van der Waals surface area contributed by atoms with Crippen LogP contribution in [0.25, 0.3) is 0 Å². The van der Waals surface area contributed by atoms with Crippen molar-refractivity contribution in [2.75, 3.05) is 0 Å². The molecule has 1 unspecified atom stereocenters. The molecule has 2 rings (SSSR count). The summed E-state index contributed by atoms with van der Waals surface area (Å²) < 4.78 is 15.2. The molecule has 0 saturated heterocycles. The lowest BCUT2D eigenvalue weighted by Gasteiger charge is -2.15. The lowest BCUT2D eigenvalue weighted by Crippen LogP contribution is -1.98. The SMILES string of the molecule is Cc1cc(C(Cl)c2cc(Br)ccc2Br)c(Cl)cc1F. The van der Waals surface area contributed by atoms with Crippen LogP contribution in [-0.4, -0.2) is 0 Å². The van der Waals surface area contributed by atoms with Gasteiger partial charge in [0.15, 0.2) is 0 Å². The highest BCUT2D eigenvalue weighted by Crippen LogP contribution is 2.39. The first-order valence-corrected chi connectivity index (χ1v) is 7.84. The Morgan fingerprint density at radius 3 is 2.47 bits per heavy atom. The number of rotatable bonds is 2. The van der Waals surface area contributed by atoms with Crippen molar-refractivity contribution in [3.63, 3.8) is 0 Å². The van der Waals surface area contributed by atoms with Crippen molar-refractivity contribution in [1.82, 2.24) is 0 Å². The lowest BCUT2D eigenvalue weighted by atomic mass is 10.0. The highest BCUT2D eigenvalue weighted by atomic mass is 79.9. The van der Waals surface area contributed by atoms with Crippen LogP contribution in [0.4, 0.5) is 4.39 Å². The van der Waals surface area contributed by atoms with E-state index < -0.39 is 5.38 Å². The van der Waals surface area contributed by atoms with Crippen molar-refractivity contribution >= 4 is 55.1 Å².